The van der Waals surface area contributed by atoms with Gasteiger partial charge in [-0.2, -0.15) is 0 Å². The lowest BCUT2D eigenvalue weighted by atomic mass is 9.98. The molecule has 0 aliphatic heterocycles. The van der Waals surface area contributed by atoms with Crippen molar-refractivity contribution in [3.8, 4) is 5.75 Å². The molecule has 0 spiro atoms. The Kier molecular flexibility index (Phi) is 6.65. The van der Waals surface area contributed by atoms with Gasteiger partial charge in [-0.25, -0.2) is 13.1 Å². The fraction of sp³-hybridized carbons (Fsp3) is 0.333. The number of halogens is 1. The summed E-state index contributed by atoms with van der Waals surface area (Å²) in [4.78, 5) is 0.248. The van der Waals surface area contributed by atoms with Crippen LogP contribution in [0.4, 0.5) is 0 Å². The molecule has 130 valence electrons. The van der Waals surface area contributed by atoms with Crippen LogP contribution in [0.1, 0.15) is 31.9 Å². The molecular formula is C18H22INO3S. The smallest absolute Gasteiger partial charge is 0.241 e. The van der Waals surface area contributed by atoms with Gasteiger partial charge in [-0.15, -0.1) is 0 Å². The van der Waals surface area contributed by atoms with Crippen molar-refractivity contribution in [1.82, 2.24) is 4.72 Å². The van der Waals surface area contributed by atoms with Crippen LogP contribution in [0.2, 0.25) is 0 Å². The molecule has 0 aromatic heterocycles. The summed E-state index contributed by atoms with van der Waals surface area (Å²) in [5.74, 6) is 1.03. The number of sulfonamides is 1. The summed E-state index contributed by atoms with van der Waals surface area (Å²) < 4.78 is 34.4. The van der Waals surface area contributed by atoms with E-state index in [2.05, 4.69) is 41.2 Å². The number of nitrogens with one attached hydrogen (secondary N) is 1. The Morgan fingerprint density at radius 3 is 2.33 bits per heavy atom. The third-order valence-electron chi connectivity index (χ3n) is 3.64. The average Bonchev–Trinajstić information content (AvgIpc) is 2.54. The van der Waals surface area contributed by atoms with Gasteiger partial charge in [0, 0.05) is 6.04 Å². The summed E-state index contributed by atoms with van der Waals surface area (Å²) in [7, 11) is -2.04. The third kappa shape index (κ3) is 4.94. The molecule has 2 aromatic carbocycles. The topological polar surface area (TPSA) is 55.4 Å². The van der Waals surface area contributed by atoms with Crippen molar-refractivity contribution in [3.63, 3.8) is 0 Å². The number of hydrogen-bond donors (Lipinski definition) is 1. The number of rotatable bonds is 7. The van der Waals surface area contributed by atoms with Crippen LogP contribution in [-0.4, -0.2) is 15.5 Å². The van der Waals surface area contributed by atoms with Crippen molar-refractivity contribution < 1.29 is 13.2 Å². The van der Waals surface area contributed by atoms with Gasteiger partial charge in [0.25, 0.3) is 0 Å². The van der Waals surface area contributed by atoms with Gasteiger partial charge < -0.3 is 4.74 Å². The van der Waals surface area contributed by atoms with E-state index in [1.54, 1.807) is 25.3 Å². The summed E-state index contributed by atoms with van der Waals surface area (Å²) in [5, 5.41) is 0. The minimum Gasteiger partial charge on any atom is -0.496 e. The predicted molar refractivity (Wildman–Crippen MR) is 105 cm³/mol. The molecule has 1 N–H and O–H groups in total. The zero-order chi connectivity index (χ0) is 17.7. The normalized spacial score (nSPS) is 13.0. The molecule has 6 heteroatoms. The first-order valence-electron chi connectivity index (χ1n) is 7.74. The van der Waals surface area contributed by atoms with Crippen molar-refractivity contribution in [3.05, 3.63) is 57.7 Å². The lowest BCUT2D eigenvalue weighted by Gasteiger charge is -2.21. The average molecular weight is 459 g/mol. The van der Waals surface area contributed by atoms with Crippen LogP contribution in [0, 0.1) is 9.49 Å². The van der Waals surface area contributed by atoms with Crippen molar-refractivity contribution in [2.75, 3.05) is 7.11 Å². The van der Waals surface area contributed by atoms with Crippen molar-refractivity contribution >= 4 is 32.6 Å². The number of hydrogen-bond acceptors (Lipinski definition) is 3. The molecule has 4 nitrogen and oxygen atoms in total. The quantitative estimate of drug-likeness (QED) is 0.626. The van der Waals surface area contributed by atoms with Gasteiger partial charge in [-0.1, -0.05) is 44.2 Å². The molecule has 0 saturated carbocycles. The molecule has 0 amide bonds. The molecule has 0 radical (unpaired) electrons. The van der Waals surface area contributed by atoms with Crippen LogP contribution in [0.3, 0.4) is 0 Å². The summed E-state index contributed by atoms with van der Waals surface area (Å²) in [6, 6.07) is 14.3. The SMILES string of the molecule is COc1ccc(S(=O)(=O)N[C@@H](CC(C)C)c2ccccc2)cc1I. The summed E-state index contributed by atoms with van der Waals surface area (Å²) in [6.07, 6.45) is 0.733. The van der Waals surface area contributed by atoms with Crippen molar-refractivity contribution in [2.24, 2.45) is 5.92 Å². The second-order valence-electron chi connectivity index (χ2n) is 6.01. The Bertz CT molecular complexity index is 776. The van der Waals surface area contributed by atoms with Gasteiger partial charge in [-0.05, 0) is 58.7 Å². The molecular weight excluding hydrogens is 437 g/mol. The molecule has 2 aromatic rings. The maximum Gasteiger partial charge on any atom is 0.241 e. The van der Waals surface area contributed by atoms with E-state index in [0.29, 0.717) is 11.7 Å². The van der Waals surface area contributed by atoms with Crippen molar-refractivity contribution in [2.45, 2.75) is 31.2 Å². The van der Waals surface area contributed by atoms with Crippen LogP contribution in [-0.2, 0) is 10.0 Å². The largest absolute Gasteiger partial charge is 0.496 e. The maximum absolute atomic E-state index is 12.8. The Hall–Kier alpha value is -1.12. The van der Waals surface area contributed by atoms with Gasteiger partial charge in [0.15, 0.2) is 0 Å². The Morgan fingerprint density at radius 2 is 1.79 bits per heavy atom. The molecule has 0 heterocycles. The third-order valence-corrected chi connectivity index (χ3v) is 5.95. The molecule has 0 aliphatic rings. The molecule has 0 bridgehead atoms. The summed E-state index contributed by atoms with van der Waals surface area (Å²) in [6.45, 7) is 4.17. The van der Waals surface area contributed by atoms with Gasteiger partial charge in [-0.3, -0.25) is 0 Å². The van der Waals surface area contributed by atoms with E-state index in [4.69, 9.17) is 4.74 Å². The van der Waals surface area contributed by atoms with E-state index in [0.717, 1.165) is 15.6 Å². The van der Waals surface area contributed by atoms with Gasteiger partial charge in [0.2, 0.25) is 10.0 Å². The Labute approximate surface area is 157 Å². The molecule has 0 fully saturated rings. The highest BCUT2D eigenvalue weighted by Gasteiger charge is 2.23. The van der Waals surface area contributed by atoms with E-state index in [1.807, 2.05) is 30.3 Å². The Balaban J connectivity index is 2.31. The monoisotopic (exact) mass is 459 g/mol. The van der Waals surface area contributed by atoms with Gasteiger partial charge in [0.1, 0.15) is 5.75 Å². The minimum atomic E-state index is -3.61. The highest BCUT2D eigenvalue weighted by molar-refractivity contribution is 14.1. The standard InChI is InChI=1S/C18H22INO3S/c1-13(2)11-17(14-7-5-4-6-8-14)20-24(21,22)15-9-10-18(23-3)16(19)12-15/h4-10,12-13,17,20H,11H2,1-3H3/t17-/m0/s1. The molecule has 2 rings (SSSR count). The first-order valence-corrected chi connectivity index (χ1v) is 10.3. The van der Waals surface area contributed by atoms with Crippen LogP contribution in [0.25, 0.3) is 0 Å². The number of methoxy groups -OCH3 is 1. The summed E-state index contributed by atoms with van der Waals surface area (Å²) in [5.41, 5.74) is 0.970. The zero-order valence-corrected chi connectivity index (χ0v) is 17.0. The van der Waals surface area contributed by atoms with Crippen LogP contribution >= 0.6 is 22.6 Å². The van der Waals surface area contributed by atoms with E-state index < -0.39 is 10.0 Å². The van der Waals surface area contributed by atoms with Crippen LogP contribution in [0.5, 0.6) is 5.75 Å². The van der Waals surface area contributed by atoms with Crippen LogP contribution < -0.4 is 9.46 Å². The molecule has 24 heavy (non-hydrogen) atoms. The molecule has 0 saturated heterocycles. The van der Waals surface area contributed by atoms with Gasteiger partial charge in [0.05, 0.1) is 15.6 Å². The van der Waals surface area contributed by atoms with Crippen LogP contribution in [0.15, 0.2) is 53.4 Å². The van der Waals surface area contributed by atoms with Gasteiger partial charge >= 0.3 is 0 Å². The lowest BCUT2D eigenvalue weighted by molar-refractivity contribution is 0.411. The first kappa shape index (κ1) is 19.2. The first-order chi connectivity index (χ1) is 11.3. The molecule has 1 atom stereocenters. The fourth-order valence-electron chi connectivity index (χ4n) is 2.48. The van der Waals surface area contributed by atoms with E-state index in [9.17, 15) is 8.42 Å². The molecule has 0 unspecified atom stereocenters. The minimum absolute atomic E-state index is 0.248. The van der Waals surface area contributed by atoms with E-state index in [-0.39, 0.29) is 10.9 Å². The number of ether oxygens (including phenoxy) is 1. The second-order valence-corrected chi connectivity index (χ2v) is 8.89. The fourth-order valence-corrected chi connectivity index (χ4v) is 4.69. The summed E-state index contributed by atoms with van der Waals surface area (Å²) >= 11 is 2.07. The zero-order valence-electron chi connectivity index (χ0n) is 14.0. The maximum atomic E-state index is 12.8. The predicted octanol–water partition coefficient (Wildman–Crippen LogP) is 4.37. The lowest BCUT2D eigenvalue weighted by Crippen LogP contribution is -2.29. The second kappa shape index (κ2) is 8.31. The number of benzene rings is 2. The van der Waals surface area contributed by atoms with E-state index >= 15 is 0 Å². The van der Waals surface area contributed by atoms with Crippen molar-refractivity contribution in [1.29, 1.82) is 0 Å². The highest BCUT2D eigenvalue weighted by Crippen LogP contribution is 2.27. The Morgan fingerprint density at radius 1 is 1.12 bits per heavy atom. The molecule has 0 aliphatic carbocycles. The highest BCUT2D eigenvalue weighted by atomic mass is 127. The van der Waals surface area contributed by atoms with E-state index in [1.165, 1.54) is 0 Å².